The van der Waals surface area contributed by atoms with E-state index in [4.69, 9.17) is 0 Å². The van der Waals surface area contributed by atoms with Crippen molar-refractivity contribution in [3.05, 3.63) is 366 Å². The van der Waals surface area contributed by atoms with Gasteiger partial charge < -0.3 is 32.3 Å². The monoisotopic (exact) mass is 2000 g/mol. The minimum atomic E-state index is 1.26. The Bertz CT molecular complexity index is 2610. The summed E-state index contributed by atoms with van der Waals surface area (Å²) >= 11 is 7.62. The molecule has 0 amide bonds. The van der Waals surface area contributed by atoms with Gasteiger partial charge in [-0.2, -0.15) is 31.0 Å². The molecule has 19 heterocycles. The molecular weight excluding hydrogens is 1820 g/mol. The van der Waals surface area contributed by atoms with Gasteiger partial charge in [0.05, 0.1) is 36.8 Å². The smallest absolute Gasteiger partial charge is 0.213 e. The van der Waals surface area contributed by atoms with Gasteiger partial charge in [0.25, 0.3) is 0 Å². The van der Waals surface area contributed by atoms with Crippen LogP contribution in [-0.2, 0) is 0 Å². The first-order valence-electron chi connectivity index (χ1n) is 46.1. The van der Waals surface area contributed by atoms with Crippen LogP contribution in [0.15, 0.2) is 388 Å². The lowest BCUT2D eigenvalue weighted by molar-refractivity contribution is 0.416. The summed E-state index contributed by atoms with van der Waals surface area (Å²) in [5.74, 6) is 0. The Morgan fingerprint density at radius 3 is 0.818 bits per heavy atom. The number of hydrogen-bond donors (Lipinski definition) is 5. The van der Waals surface area contributed by atoms with Crippen molar-refractivity contribution in [2.75, 3.05) is 0 Å². The van der Waals surface area contributed by atoms with Crippen LogP contribution in [0, 0.1) is 0 Å². The topological polar surface area (TPSA) is 454 Å². The quantitative estimate of drug-likeness (QED) is 0.0941. The lowest BCUT2D eigenvalue weighted by Crippen LogP contribution is -1.66. The molecule has 0 saturated heterocycles. The summed E-state index contributed by atoms with van der Waals surface area (Å²) in [7, 11) is 0. The van der Waals surface area contributed by atoms with Crippen LogP contribution in [0.5, 0.6) is 0 Å². The summed E-state index contributed by atoms with van der Waals surface area (Å²) in [6, 6.07) is 30.3. The van der Waals surface area contributed by atoms with E-state index in [-0.39, 0.29) is 0 Å². The third-order valence-electron chi connectivity index (χ3n) is 7.43. The molecule has 0 saturated carbocycles. The highest BCUT2D eigenvalue weighted by Crippen LogP contribution is 1.92. The molecule has 137 heavy (non-hydrogen) atoms. The molecule has 0 spiro atoms. The zero-order chi connectivity index (χ0) is 108. The Hall–Kier alpha value is -13.5. The fourth-order valence-corrected chi connectivity index (χ4v) is 5.57. The largest absolute Gasteiger partial charge is 0.473 e. The van der Waals surface area contributed by atoms with Gasteiger partial charge in [0.15, 0.2) is 12.7 Å². The average Bonchev–Trinajstić information content (AvgIpc) is 2.04. The van der Waals surface area contributed by atoms with Crippen LogP contribution in [-0.4, -0.2) is 145 Å². The second-order valence-electron chi connectivity index (χ2n) is 14.2. The molecule has 0 fully saturated rings. The van der Waals surface area contributed by atoms with Crippen LogP contribution in [0.2, 0.25) is 0 Å². The number of aromatic nitrogens is 29. The molecule has 0 unspecified atom stereocenters. The second kappa shape index (κ2) is 247. The maximum Gasteiger partial charge on any atom is 0.213 e. The van der Waals surface area contributed by atoms with Crippen LogP contribution >= 0.6 is 57.1 Å². The SMILES string of the molecule is CC.CC.CC.CC.CC.CC.CC.CC.CC.CC.CC.CC.CC.CC.CC.CC.CC.CC.CC.c1c[nH]cn1.c1cc[nH]c1.c1ccncc1.c1ccncc1.c1ccoc1.c1ccsc1.c1cn[nH]c1.c1cnccn1.c1cncnc1.c1cnoc1.c1cnsc1.c1cocn1.c1cscn1.c1nc[nH]n1.c1nc[nH]n1.c1ncon1.c1ncsn1.c1nnco1.c1nncs1. The molecule has 0 aromatic carbocycles. The van der Waals surface area contributed by atoms with E-state index in [9.17, 15) is 0 Å². The minimum Gasteiger partial charge on any atom is -0.473 e. The maximum absolute atomic E-state index is 4.58. The Morgan fingerprint density at radius 2 is 0.693 bits per heavy atom. The van der Waals surface area contributed by atoms with Gasteiger partial charge in [-0.15, -0.1) is 43.1 Å². The first kappa shape index (κ1) is 170. The lowest BCUT2D eigenvalue weighted by atomic mass is 10.5. The van der Waals surface area contributed by atoms with Gasteiger partial charge in [-0.3, -0.25) is 40.2 Å². The molecule has 0 aliphatic heterocycles. The summed E-state index contributed by atoms with van der Waals surface area (Å²) in [6.45, 7) is 76.0. The lowest BCUT2D eigenvalue weighted by Gasteiger charge is -1.70. The fraction of sp³-hybridized carbons (Fsp3) is 0.388. The highest BCUT2D eigenvalue weighted by Gasteiger charge is 1.68. The highest BCUT2D eigenvalue weighted by molar-refractivity contribution is 7.08. The van der Waals surface area contributed by atoms with Crippen molar-refractivity contribution in [1.82, 2.24) is 145 Å². The average molecular weight is 2000 g/mol. The van der Waals surface area contributed by atoms with Crippen molar-refractivity contribution < 1.29 is 22.3 Å². The molecule has 0 radical (unpaired) electrons. The van der Waals surface area contributed by atoms with E-state index in [1.54, 1.807) is 187 Å². The maximum atomic E-state index is 4.58. The molecule has 19 aromatic rings. The molecule has 34 nitrogen and oxygen atoms in total. The van der Waals surface area contributed by atoms with Gasteiger partial charge in [-0.25, -0.2) is 44.2 Å². The first-order chi connectivity index (χ1) is 68.5. The van der Waals surface area contributed by atoms with Crippen LogP contribution in [0.3, 0.4) is 0 Å². The number of pyridine rings is 2. The van der Waals surface area contributed by atoms with Gasteiger partial charge in [-0.05, 0) is 107 Å². The van der Waals surface area contributed by atoms with E-state index >= 15 is 0 Å². The van der Waals surface area contributed by atoms with Gasteiger partial charge in [0, 0.05) is 122 Å². The van der Waals surface area contributed by atoms with Gasteiger partial charge in [0.2, 0.25) is 19.2 Å². The fourth-order valence-electron chi connectivity index (χ4n) is 3.87. The Morgan fingerprint density at radius 1 is 0.197 bits per heavy atom. The second-order valence-corrected chi connectivity index (χ2v) is 17.8. The number of nitrogens with one attached hydrogen (secondary N) is 5. The number of thiazole rings is 1. The van der Waals surface area contributed by atoms with Crippen molar-refractivity contribution in [3.8, 4) is 0 Å². The van der Waals surface area contributed by atoms with Crippen molar-refractivity contribution >= 4 is 57.1 Å². The predicted molar refractivity (Wildman–Crippen MR) is 588 cm³/mol. The van der Waals surface area contributed by atoms with Crippen molar-refractivity contribution in [2.24, 2.45) is 0 Å². The zero-order valence-electron chi connectivity index (χ0n) is 90.0. The molecule has 19 rings (SSSR count). The molecule has 5 N–H and O–H groups in total. The van der Waals surface area contributed by atoms with Crippen LogP contribution in [0.4, 0.5) is 0 Å². The van der Waals surface area contributed by atoms with Gasteiger partial charge >= 0.3 is 0 Å². The Labute approximate surface area is 847 Å². The summed E-state index contributed by atoms with van der Waals surface area (Å²) in [5, 5.41) is 46.3. The Balaban J connectivity index is -0.0000000619. The molecule has 19 aromatic heterocycles. The van der Waals surface area contributed by atoms with E-state index in [1.165, 1.54) is 117 Å². The Kier molecular flexibility index (Phi) is 306. The van der Waals surface area contributed by atoms with E-state index < -0.39 is 0 Å². The first-order valence-corrected chi connectivity index (χ1v) is 50.6. The summed E-state index contributed by atoms with van der Waals surface area (Å²) in [4.78, 5) is 53.1. The number of hydrogen-bond acceptors (Lipinski definition) is 34. The standard InChI is InChI=1S/2C5H5N.2C4H4N2.C4H5N.C4H4O.C4H4S.2C3H4N2.2C3H3NO.2C3H3NS.2C2H3N3.2C2H2N2O.2C2H2N2S.19C2H6/c2*1-2-4-6-5-3-1;1-2-6-4-3-5-1;1-2-5-4-6-3-1;3*1-2-4-5-3-1;1-2-5-3-4-1;1-2-4-5-3-1;1-2-5-3-4-1;1-2-4-5-3-1;1-2-5-3-4-1;1-2-4-5-3-1;2*1-3-2-5-4-1;1-3-4-2-5-1;1-3-2-5-4-1;1-3-4-2-5-1;1-3-2-5-4-1;19*1-2/h2*1-5H;2*1-4H;1-5H;2*1-4H;2*1-3H,(H,4,5);4*1-3H;2*1-2H,(H,3,4,5);4*1-2H;19*1-2H3. The normalized spacial score (nSPS) is 6.61. The number of aromatic amines is 5. The number of nitrogens with zero attached hydrogens (tertiary/aromatic N) is 24. The van der Waals surface area contributed by atoms with Crippen molar-refractivity contribution in [3.63, 3.8) is 0 Å². The van der Waals surface area contributed by atoms with E-state index in [1.807, 2.05) is 382 Å². The molecule has 776 valence electrons. The highest BCUT2D eigenvalue weighted by atomic mass is 32.1. The number of thiophene rings is 1. The summed E-state index contributed by atoms with van der Waals surface area (Å²) in [5.41, 5.74) is 6.83. The van der Waals surface area contributed by atoms with Crippen LogP contribution < -0.4 is 0 Å². The number of imidazole rings is 1. The third kappa shape index (κ3) is 243. The molecule has 0 bridgehead atoms. The van der Waals surface area contributed by atoms with E-state index in [2.05, 4.69) is 167 Å². The van der Waals surface area contributed by atoms with Crippen molar-refractivity contribution in [2.45, 2.75) is 263 Å². The number of H-pyrrole nitrogens is 5. The van der Waals surface area contributed by atoms with Gasteiger partial charge in [0.1, 0.15) is 67.0 Å². The predicted octanol–water partition coefficient (Wildman–Crippen LogP) is 31.9. The number of furan rings is 1. The number of oxazole rings is 1. The molecular formula is C98H179N29O5S5. The van der Waals surface area contributed by atoms with Gasteiger partial charge in [-0.1, -0.05) is 298 Å². The zero-order valence-corrected chi connectivity index (χ0v) is 94.0. The molecule has 0 atom stereocenters. The molecule has 0 aliphatic rings. The van der Waals surface area contributed by atoms with E-state index in [0.29, 0.717) is 0 Å². The minimum absolute atomic E-state index is 1.26. The van der Waals surface area contributed by atoms with E-state index in [0.717, 1.165) is 0 Å². The number of rotatable bonds is 0. The third-order valence-corrected chi connectivity index (χ3v) is 9.97. The van der Waals surface area contributed by atoms with Crippen molar-refractivity contribution in [1.29, 1.82) is 0 Å². The van der Waals surface area contributed by atoms with Crippen LogP contribution in [0.25, 0.3) is 0 Å². The summed E-state index contributed by atoms with van der Waals surface area (Å²) in [6.07, 6.45) is 57.6. The van der Waals surface area contributed by atoms with Crippen LogP contribution in [0.1, 0.15) is 263 Å². The summed E-state index contributed by atoms with van der Waals surface area (Å²) < 4.78 is 29.4. The molecule has 39 heteroatoms. The molecule has 0 aliphatic carbocycles.